The molecule has 0 radical (unpaired) electrons. The monoisotopic (exact) mass is 278 g/mol. The van der Waals surface area contributed by atoms with E-state index >= 15 is 0 Å². The molecular weight excluding hydrogens is 256 g/mol. The van der Waals surface area contributed by atoms with Crippen molar-refractivity contribution in [1.82, 2.24) is 5.32 Å². The summed E-state index contributed by atoms with van der Waals surface area (Å²) >= 11 is 0. The Morgan fingerprint density at radius 1 is 1.35 bits per heavy atom. The highest BCUT2D eigenvalue weighted by molar-refractivity contribution is 5.75. The SMILES string of the molecule is COc1cc(CNC2CCCC2)ccc1OCC(N)=O. The molecule has 0 heterocycles. The topological polar surface area (TPSA) is 73.6 Å². The van der Waals surface area contributed by atoms with E-state index in [0.29, 0.717) is 17.5 Å². The molecule has 1 aliphatic carbocycles. The molecule has 1 aliphatic rings. The van der Waals surface area contributed by atoms with E-state index in [0.717, 1.165) is 12.1 Å². The predicted molar refractivity (Wildman–Crippen MR) is 76.8 cm³/mol. The van der Waals surface area contributed by atoms with Gasteiger partial charge < -0.3 is 20.5 Å². The van der Waals surface area contributed by atoms with Gasteiger partial charge in [0, 0.05) is 12.6 Å². The minimum atomic E-state index is -0.501. The van der Waals surface area contributed by atoms with Gasteiger partial charge in [-0.25, -0.2) is 0 Å². The third-order valence-electron chi connectivity index (χ3n) is 3.55. The number of benzene rings is 1. The van der Waals surface area contributed by atoms with E-state index in [9.17, 15) is 4.79 Å². The number of ether oxygens (including phenoxy) is 2. The lowest BCUT2D eigenvalue weighted by molar-refractivity contribution is -0.119. The Kier molecular flexibility index (Phi) is 5.24. The average Bonchev–Trinajstić information content (AvgIpc) is 2.96. The van der Waals surface area contributed by atoms with Gasteiger partial charge in [-0.1, -0.05) is 18.9 Å². The van der Waals surface area contributed by atoms with Gasteiger partial charge in [0.2, 0.25) is 0 Å². The van der Waals surface area contributed by atoms with Crippen LogP contribution in [0.15, 0.2) is 18.2 Å². The van der Waals surface area contributed by atoms with Gasteiger partial charge in [-0.2, -0.15) is 0 Å². The molecule has 0 spiro atoms. The zero-order valence-corrected chi connectivity index (χ0v) is 11.9. The van der Waals surface area contributed by atoms with Crippen molar-refractivity contribution in [1.29, 1.82) is 0 Å². The molecular formula is C15H22N2O3. The molecule has 0 atom stereocenters. The lowest BCUT2D eigenvalue weighted by atomic mass is 10.1. The summed E-state index contributed by atoms with van der Waals surface area (Å²) in [6.45, 7) is 0.674. The van der Waals surface area contributed by atoms with Gasteiger partial charge in [0.05, 0.1) is 7.11 Å². The molecule has 20 heavy (non-hydrogen) atoms. The molecule has 1 saturated carbocycles. The van der Waals surface area contributed by atoms with Gasteiger partial charge in [-0.05, 0) is 30.5 Å². The maximum atomic E-state index is 10.7. The van der Waals surface area contributed by atoms with E-state index in [2.05, 4.69) is 5.32 Å². The van der Waals surface area contributed by atoms with Crippen LogP contribution in [0.5, 0.6) is 11.5 Å². The number of hydrogen-bond donors (Lipinski definition) is 2. The smallest absolute Gasteiger partial charge is 0.255 e. The first kappa shape index (κ1) is 14.7. The normalized spacial score (nSPS) is 15.2. The largest absolute Gasteiger partial charge is 0.493 e. The number of methoxy groups -OCH3 is 1. The molecule has 0 unspecified atom stereocenters. The molecule has 5 nitrogen and oxygen atoms in total. The quantitative estimate of drug-likeness (QED) is 0.794. The molecule has 0 aromatic heterocycles. The van der Waals surface area contributed by atoms with Gasteiger partial charge >= 0.3 is 0 Å². The zero-order chi connectivity index (χ0) is 14.4. The van der Waals surface area contributed by atoms with E-state index in [-0.39, 0.29) is 6.61 Å². The Bertz CT molecular complexity index is 456. The standard InChI is InChI=1S/C15H22N2O3/c1-19-14-8-11(9-17-12-4-2-3-5-12)6-7-13(14)20-10-15(16)18/h6-8,12,17H,2-5,9-10H2,1H3,(H2,16,18). The number of hydrogen-bond acceptors (Lipinski definition) is 4. The second-order valence-electron chi connectivity index (χ2n) is 5.10. The molecule has 1 aromatic carbocycles. The van der Waals surface area contributed by atoms with Crippen LogP contribution in [0.3, 0.4) is 0 Å². The van der Waals surface area contributed by atoms with Crippen LogP contribution in [0.4, 0.5) is 0 Å². The maximum Gasteiger partial charge on any atom is 0.255 e. The van der Waals surface area contributed by atoms with Crippen LogP contribution in [-0.4, -0.2) is 25.7 Å². The fraction of sp³-hybridized carbons (Fsp3) is 0.533. The van der Waals surface area contributed by atoms with Crippen LogP contribution in [0, 0.1) is 0 Å². The molecule has 2 rings (SSSR count). The number of rotatable bonds is 7. The Hall–Kier alpha value is -1.75. The molecule has 1 amide bonds. The van der Waals surface area contributed by atoms with Crippen molar-refractivity contribution in [2.24, 2.45) is 5.73 Å². The third-order valence-corrected chi connectivity index (χ3v) is 3.55. The molecule has 3 N–H and O–H groups in total. The summed E-state index contributed by atoms with van der Waals surface area (Å²) in [5.74, 6) is 0.659. The molecule has 0 saturated heterocycles. The van der Waals surface area contributed by atoms with Gasteiger partial charge in [-0.3, -0.25) is 4.79 Å². The summed E-state index contributed by atoms with van der Waals surface area (Å²) in [6.07, 6.45) is 5.16. The van der Waals surface area contributed by atoms with Crippen molar-refractivity contribution in [3.63, 3.8) is 0 Å². The van der Waals surface area contributed by atoms with Crippen LogP contribution in [0.2, 0.25) is 0 Å². The first-order chi connectivity index (χ1) is 9.69. The average molecular weight is 278 g/mol. The minimum Gasteiger partial charge on any atom is -0.493 e. The number of carbonyl (C=O) groups is 1. The first-order valence-electron chi connectivity index (χ1n) is 7.00. The van der Waals surface area contributed by atoms with Gasteiger partial charge in [0.15, 0.2) is 18.1 Å². The summed E-state index contributed by atoms with van der Waals surface area (Å²) in [5.41, 5.74) is 6.20. The highest BCUT2D eigenvalue weighted by Gasteiger charge is 2.14. The fourth-order valence-electron chi connectivity index (χ4n) is 2.48. The first-order valence-corrected chi connectivity index (χ1v) is 7.00. The minimum absolute atomic E-state index is 0.143. The highest BCUT2D eigenvalue weighted by Crippen LogP contribution is 2.28. The van der Waals surface area contributed by atoms with Crippen LogP contribution >= 0.6 is 0 Å². The lowest BCUT2D eigenvalue weighted by Gasteiger charge is -2.14. The number of nitrogens with two attached hydrogens (primary N) is 1. The second-order valence-corrected chi connectivity index (χ2v) is 5.10. The van der Waals surface area contributed by atoms with E-state index < -0.39 is 5.91 Å². The molecule has 5 heteroatoms. The Labute approximate surface area is 119 Å². The van der Waals surface area contributed by atoms with Crippen molar-refractivity contribution in [3.8, 4) is 11.5 Å². The van der Waals surface area contributed by atoms with Gasteiger partial charge in [0.1, 0.15) is 0 Å². The highest BCUT2D eigenvalue weighted by atomic mass is 16.5. The number of nitrogens with one attached hydrogen (secondary N) is 1. The predicted octanol–water partition coefficient (Wildman–Crippen LogP) is 1.59. The Balaban J connectivity index is 1.94. The van der Waals surface area contributed by atoms with E-state index in [1.165, 1.54) is 25.7 Å². The molecule has 110 valence electrons. The summed E-state index contributed by atoms with van der Waals surface area (Å²) in [5, 5.41) is 3.55. The molecule has 0 aliphatic heterocycles. The van der Waals surface area contributed by atoms with Crippen molar-refractivity contribution in [3.05, 3.63) is 23.8 Å². The maximum absolute atomic E-state index is 10.7. The van der Waals surface area contributed by atoms with Crippen LogP contribution in [-0.2, 0) is 11.3 Å². The fourth-order valence-corrected chi connectivity index (χ4v) is 2.48. The van der Waals surface area contributed by atoms with Gasteiger partial charge in [-0.15, -0.1) is 0 Å². The van der Waals surface area contributed by atoms with E-state index in [4.69, 9.17) is 15.2 Å². The molecule has 0 bridgehead atoms. The van der Waals surface area contributed by atoms with E-state index in [1.54, 1.807) is 7.11 Å². The van der Waals surface area contributed by atoms with Crippen LogP contribution < -0.4 is 20.5 Å². The van der Waals surface area contributed by atoms with Gasteiger partial charge in [0.25, 0.3) is 5.91 Å². The van der Waals surface area contributed by atoms with Crippen LogP contribution in [0.1, 0.15) is 31.2 Å². The summed E-state index contributed by atoms with van der Waals surface area (Å²) in [7, 11) is 1.58. The lowest BCUT2D eigenvalue weighted by Crippen LogP contribution is -2.25. The number of primary amides is 1. The third kappa shape index (κ3) is 4.13. The Morgan fingerprint density at radius 2 is 2.10 bits per heavy atom. The second kappa shape index (κ2) is 7.14. The summed E-state index contributed by atoms with van der Waals surface area (Å²) < 4.78 is 10.6. The Morgan fingerprint density at radius 3 is 2.75 bits per heavy atom. The van der Waals surface area contributed by atoms with Crippen LogP contribution in [0.25, 0.3) is 0 Å². The number of carbonyl (C=O) groups excluding carboxylic acids is 1. The number of amides is 1. The molecule has 1 aromatic rings. The van der Waals surface area contributed by atoms with E-state index in [1.807, 2.05) is 18.2 Å². The zero-order valence-electron chi connectivity index (χ0n) is 11.9. The van der Waals surface area contributed by atoms with Crippen molar-refractivity contribution >= 4 is 5.91 Å². The summed E-state index contributed by atoms with van der Waals surface area (Å²) in [4.78, 5) is 10.7. The summed E-state index contributed by atoms with van der Waals surface area (Å²) in [6, 6.07) is 6.35. The van der Waals surface area contributed by atoms with Crippen molar-refractivity contribution < 1.29 is 14.3 Å². The van der Waals surface area contributed by atoms with Crippen molar-refractivity contribution in [2.45, 2.75) is 38.3 Å². The molecule has 1 fully saturated rings. The van der Waals surface area contributed by atoms with Crippen molar-refractivity contribution in [2.75, 3.05) is 13.7 Å².